The molecule has 0 spiro atoms. The highest BCUT2D eigenvalue weighted by molar-refractivity contribution is 6.57. The van der Waals surface area contributed by atoms with E-state index < -0.39 is 16.3 Å². The normalized spacial score (nSPS) is 9.59. The van der Waals surface area contributed by atoms with E-state index >= 15 is 0 Å². The van der Waals surface area contributed by atoms with E-state index in [-0.39, 0.29) is 5.70 Å². The van der Waals surface area contributed by atoms with Crippen LogP contribution in [0.25, 0.3) is 0 Å². The maximum Gasteiger partial charge on any atom is 0.267 e. The standard InChI is InChI=1S/C10H7Cl3N2O2/c11-6-3-1-5(2-4-6)10(17)15-7(8(12)13)9(14)16/h1-4H,(H2,14,16)(H,15,17). The second-order valence-corrected chi connectivity index (χ2v) is 4.35. The van der Waals surface area contributed by atoms with E-state index in [0.717, 1.165) is 0 Å². The first-order valence-electron chi connectivity index (χ1n) is 4.34. The molecule has 0 aliphatic rings. The van der Waals surface area contributed by atoms with Crippen molar-refractivity contribution in [1.29, 1.82) is 0 Å². The second-order valence-electron chi connectivity index (χ2n) is 2.96. The summed E-state index contributed by atoms with van der Waals surface area (Å²) in [5.74, 6) is -1.48. The van der Waals surface area contributed by atoms with E-state index in [2.05, 4.69) is 5.32 Å². The van der Waals surface area contributed by atoms with E-state index in [1.54, 1.807) is 0 Å². The first-order valence-corrected chi connectivity index (χ1v) is 5.47. The average molecular weight is 294 g/mol. The molecule has 17 heavy (non-hydrogen) atoms. The average Bonchev–Trinajstić information content (AvgIpc) is 2.25. The molecule has 4 nitrogen and oxygen atoms in total. The number of hydrogen-bond acceptors (Lipinski definition) is 2. The van der Waals surface area contributed by atoms with Crippen LogP contribution in [0.3, 0.4) is 0 Å². The highest BCUT2D eigenvalue weighted by atomic mass is 35.5. The molecule has 0 atom stereocenters. The monoisotopic (exact) mass is 292 g/mol. The van der Waals surface area contributed by atoms with E-state index in [4.69, 9.17) is 40.5 Å². The zero-order valence-electron chi connectivity index (χ0n) is 8.34. The number of hydrogen-bond donors (Lipinski definition) is 2. The molecule has 0 aliphatic carbocycles. The van der Waals surface area contributed by atoms with Crippen molar-refractivity contribution in [3.63, 3.8) is 0 Å². The number of nitrogens with one attached hydrogen (secondary N) is 1. The molecule has 0 radical (unpaired) electrons. The van der Waals surface area contributed by atoms with Gasteiger partial charge in [-0.15, -0.1) is 0 Å². The molecule has 0 fully saturated rings. The first-order chi connectivity index (χ1) is 7.91. The van der Waals surface area contributed by atoms with Gasteiger partial charge in [-0.2, -0.15) is 0 Å². The summed E-state index contributed by atoms with van der Waals surface area (Å²) in [6.45, 7) is 0. The third-order valence-electron chi connectivity index (χ3n) is 1.78. The van der Waals surface area contributed by atoms with Crippen LogP contribution in [0.15, 0.2) is 34.5 Å². The van der Waals surface area contributed by atoms with Gasteiger partial charge in [0.2, 0.25) is 0 Å². The number of nitrogens with two attached hydrogens (primary N) is 1. The molecule has 0 aromatic heterocycles. The Bertz CT molecular complexity index is 479. The maximum atomic E-state index is 11.7. The maximum absolute atomic E-state index is 11.7. The molecule has 0 bridgehead atoms. The van der Waals surface area contributed by atoms with Gasteiger partial charge in [-0.3, -0.25) is 9.59 Å². The summed E-state index contributed by atoms with van der Waals surface area (Å²) in [5, 5.41) is 2.70. The van der Waals surface area contributed by atoms with Crippen molar-refractivity contribution < 1.29 is 9.59 Å². The Kier molecular flexibility index (Phi) is 4.81. The zero-order chi connectivity index (χ0) is 13.0. The fourth-order valence-electron chi connectivity index (χ4n) is 0.989. The Hall–Kier alpha value is -1.23. The molecule has 3 N–H and O–H groups in total. The van der Waals surface area contributed by atoms with Crippen molar-refractivity contribution in [2.75, 3.05) is 0 Å². The Morgan fingerprint density at radius 2 is 1.65 bits per heavy atom. The van der Waals surface area contributed by atoms with Crippen LogP contribution < -0.4 is 11.1 Å². The third-order valence-corrected chi connectivity index (χ3v) is 2.41. The number of primary amides is 1. The van der Waals surface area contributed by atoms with Gasteiger partial charge in [0, 0.05) is 10.6 Å². The SMILES string of the molecule is NC(=O)C(NC(=O)c1ccc(Cl)cc1)=C(Cl)Cl. The Morgan fingerprint density at radius 1 is 1.12 bits per heavy atom. The lowest BCUT2D eigenvalue weighted by Gasteiger charge is -2.06. The predicted octanol–water partition coefficient (Wildman–Crippen LogP) is 2.20. The number of halogens is 3. The van der Waals surface area contributed by atoms with Gasteiger partial charge in [0.1, 0.15) is 10.2 Å². The van der Waals surface area contributed by atoms with Gasteiger partial charge >= 0.3 is 0 Å². The minimum absolute atomic E-state index is 0.294. The van der Waals surface area contributed by atoms with Crippen molar-refractivity contribution in [2.24, 2.45) is 5.73 Å². The van der Waals surface area contributed by atoms with E-state index in [0.29, 0.717) is 10.6 Å². The summed E-state index contributed by atoms with van der Waals surface area (Å²) in [7, 11) is 0. The minimum atomic E-state index is -0.924. The van der Waals surface area contributed by atoms with Gasteiger partial charge in [-0.1, -0.05) is 34.8 Å². The number of carbonyl (C=O) groups is 2. The molecule has 0 heterocycles. The van der Waals surface area contributed by atoms with Crippen molar-refractivity contribution in [1.82, 2.24) is 5.32 Å². The molecule has 1 aromatic carbocycles. The summed E-state index contributed by atoms with van der Waals surface area (Å²) >= 11 is 16.5. The van der Waals surface area contributed by atoms with E-state index in [9.17, 15) is 9.59 Å². The molecule has 0 saturated heterocycles. The summed E-state index contributed by atoms with van der Waals surface area (Å²) in [6.07, 6.45) is 0. The van der Waals surface area contributed by atoms with Crippen LogP contribution in [0.5, 0.6) is 0 Å². The number of benzene rings is 1. The summed E-state index contributed by atoms with van der Waals surface area (Å²) in [4.78, 5) is 22.6. The molecule has 0 aliphatic heterocycles. The van der Waals surface area contributed by atoms with Crippen LogP contribution in [0.1, 0.15) is 10.4 Å². The fourth-order valence-corrected chi connectivity index (χ4v) is 1.40. The van der Waals surface area contributed by atoms with Crippen LogP contribution >= 0.6 is 34.8 Å². The first kappa shape index (κ1) is 13.8. The minimum Gasteiger partial charge on any atom is -0.364 e. The highest BCUT2D eigenvalue weighted by Crippen LogP contribution is 2.13. The molecular weight excluding hydrogens is 286 g/mol. The summed E-state index contributed by atoms with van der Waals surface area (Å²) in [5.41, 5.74) is 4.93. The number of carbonyl (C=O) groups excluding carboxylic acids is 2. The van der Waals surface area contributed by atoms with Gasteiger partial charge in [0.25, 0.3) is 11.8 Å². The van der Waals surface area contributed by atoms with Crippen molar-refractivity contribution in [3.05, 3.63) is 45.0 Å². The Morgan fingerprint density at radius 3 is 2.06 bits per heavy atom. The molecule has 1 aromatic rings. The van der Waals surface area contributed by atoms with Crippen molar-refractivity contribution in [3.8, 4) is 0 Å². The van der Waals surface area contributed by atoms with Crippen LogP contribution in [-0.4, -0.2) is 11.8 Å². The Balaban J connectivity index is 2.89. The number of rotatable bonds is 3. The van der Waals surface area contributed by atoms with Gasteiger partial charge in [0.15, 0.2) is 0 Å². The van der Waals surface area contributed by atoms with E-state index in [1.165, 1.54) is 24.3 Å². The van der Waals surface area contributed by atoms with Gasteiger partial charge in [-0.25, -0.2) is 0 Å². The van der Waals surface area contributed by atoms with Gasteiger partial charge < -0.3 is 11.1 Å². The van der Waals surface area contributed by atoms with Gasteiger partial charge in [-0.05, 0) is 24.3 Å². The Labute approximate surface area is 112 Å². The highest BCUT2D eigenvalue weighted by Gasteiger charge is 2.14. The predicted molar refractivity (Wildman–Crippen MR) is 66.8 cm³/mol. The quantitative estimate of drug-likeness (QED) is 0.839. The van der Waals surface area contributed by atoms with E-state index in [1.807, 2.05) is 0 Å². The lowest BCUT2D eigenvalue weighted by Crippen LogP contribution is -2.31. The molecule has 2 amide bonds. The van der Waals surface area contributed by atoms with Crippen molar-refractivity contribution in [2.45, 2.75) is 0 Å². The topological polar surface area (TPSA) is 72.2 Å². The lowest BCUT2D eigenvalue weighted by atomic mass is 10.2. The van der Waals surface area contributed by atoms with Crippen LogP contribution in [-0.2, 0) is 4.79 Å². The summed E-state index contributed by atoms with van der Waals surface area (Å²) < 4.78 is -0.403. The molecule has 0 saturated carbocycles. The van der Waals surface area contributed by atoms with Gasteiger partial charge in [0.05, 0.1) is 0 Å². The number of amides is 2. The van der Waals surface area contributed by atoms with Crippen LogP contribution in [0, 0.1) is 0 Å². The second kappa shape index (κ2) is 5.91. The molecule has 90 valence electrons. The summed E-state index contributed by atoms with van der Waals surface area (Å²) in [6, 6.07) is 6.04. The van der Waals surface area contributed by atoms with Crippen LogP contribution in [0.2, 0.25) is 5.02 Å². The lowest BCUT2D eigenvalue weighted by molar-refractivity contribution is -0.114. The molecule has 1 rings (SSSR count). The smallest absolute Gasteiger partial charge is 0.267 e. The fraction of sp³-hybridized carbons (Fsp3) is 0. The van der Waals surface area contributed by atoms with Crippen molar-refractivity contribution >= 4 is 46.6 Å². The third kappa shape index (κ3) is 3.93. The molecule has 0 unspecified atom stereocenters. The zero-order valence-corrected chi connectivity index (χ0v) is 10.6. The molecular formula is C10H7Cl3N2O2. The molecule has 7 heteroatoms. The largest absolute Gasteiger partial charge is 0.364 e. The van der Waals surface area contributed by atoms with Crippen LogP contribution in [0.4, 0.5) is 0 Å².